The number of allylic oxidation sites excluding steroid dienone is 4. The Balaban J connectivity index is 2.40. The summed E-state index contributed by atoms with van der Waals surface area (Å²) in [5.74, 6) is 0. The molecule has 1 atom stereocenters. The Labute approximate surface area is 72.7 Å². The molecule has 2 heteroatoms. The fraction of sp³-hybridized carbons (Fsp3) is 0.556. The predicted octanol–water partition coefficient (Wildman–Crippen LogP) is 2.52. The van der Waals surface area contributed by atoms with Gasteiger partial charge >= 0.3 is 0 Å². The zero-order chi connectivity index (χ0) is 8.16. The maximum absolute atomic E-state index is 6.24. The molecule has 11 heavy (non-hydrogen) atoms. The van der Waals surface area contributed by atoms with Crippen LogP contribution in [0.25, 0.3) is 0 Å². The highest BCUT2D eigenvalue weighted by Crippen LogP contribution is 2.28. The zero-order valence-corrected chi connectivity index (χ0v) is 7.47. The second-order valence-electron chi connectivity index (χ2n) is 2.77. The second-order valence-corrected chi connectivity index (χ2v) is 3.52. The van der Waals surface area contributed by atoms with E-state index >= 15 is 0 Å². The summed E-state index contributed by atoms with van der Waals surface area (Å²) in [4.78, 5) is -0.190. The molecule has 0 aromatic heterocycles. The molecule has 0 fully saturated rings. The molecule has 0 aromatic carbocycles. The van der Waals surface area contributed by atoms with Gasteiger partial charge in [-0.1, -0.05) is 24.3 Å². The Kier molecular flexibility index (Phi) is 3.16. The molecule has 0 bridgehead atoms. The van der Waals surface area contributed by atoms with Crippen LogP contribution in [-0.4, -0.2) is 18.6 Å². The van der Waals surface area contributed by atoms with Crippen molar-refractivity contribution in [3.05, 3.63) is 24.3 Å². The van der Waals surface area contributed by atoms with E-state index in [0.717, 1.165) is 19.4 Å². The summed E-state index contributed by atoms with van der Waals surface area (Å²) in [6.45, 7) is 0.724. The highest BCUT2D eigenvalue weighted by molar-refractivity contribution is 6.25. The van der Waals surface area contributed by atoms with Crippen LogP contribution >= 0.6 is 11.6 Å². The van der Waals surface area contributed by atoms with Crippen LogP contribution in [0.1, 0.15) is 12.8 Å². The third-order valence-electron chi connectivity index (χ3n) is 1.82. The van der Waals surface area contributed by atoms with Crippen LogP contribution in [0.2, 0.25) is 0 Å². The number of halogens is 1. The number of hydrogen-bond donors (Lipinski definition) is 0. The summed E-state index contributed by atoms with van der Waals surface area (Å²) < 4.78 is 4.97. The van der Waals surface area contributed by atoms with Crippen LogP contribution in [0.3, 0.4) is 0 Å². The van der Waals surface area contributed by atoms with Crippen LogP contribution in [0.4, 0.5) is 0 Å². The lowest BCUT2D eigenvalue weighted by Crippen LogP contribution is -2.20. The van der Waals surface area contributed by atoms with Crippen molar-refractivity contribution < 1.29 is 4.74 Å². The lowest BCUT2D eigenvalue weighted by Gasteiger charge is -2.22. The summed E-state index contributed by atoms with van der Waals surface area (Å²) >= 11 is 6.24. The maximum Gasteiger partial charge on any atom is 0.0685 e. The molecule has 0 saturated heterocycles. The first-order valence-corrected chi connectivity index (χ1v) is 4.17. The predicted molar refractivity (Wildman–Crippen MR) is 48.0 cm³/mol. The highest BCUT2D eigenvalue weighted by atomic mass is 35.5. The van der Waals surface area contributed by atoms with Gasteiger partial charge in [-0.25, -0.2) is 0 Å². The van der Waals surface area contributed by atoms with E-state index in [2.05, 4.69) is 6.08 Å². The summed E-state index contributed by atoms with van der Waals surface area (Å²) in [7, 11) is 1.70. The SMILES string of the molecule is COCCC1(Cl)C=CC=CC1. The Bertz CT molecular complexity index is 174. The van der Waals surface area contributed by atoms with Crippen LogP contribution < -0.4 is 0 Å². The molecule has 0 saturated carbocycles. The van der Waals surface area contributed by atoms with Crippen molar-refractivity contribution in [3.63, 3.8) is 0 Å². The smallest absolute Gasteiger partial charge is 0.0685 e. The fourth-order valence-corrected chi connectivity index (χ4v) is 1.33. The van der Waals surface area contributed by atoms with E-state index in [0.29, 0.717) is 0 Å². The number of ether oxygens (including phenoxy) is 1. The van der Waals surface area contributed by atoms with Gasteiger partial charge in [0.25, 0.3) is 0 Å². The van der Waals surface area contributed by atoms with Gasteiger partial charge in [0.15, 0.2) is 0 Å². The maximum atomic E-state index is 6.24. The Morgan fingerprint density at radius 3 is 2.91 bits per heavy atom. The van der Waals surface area contributed by atoms with E-state index in [4.69, 9.17) is 16.3 Å². The van der Waals surface area contributed by atoms with Crippen LogP contribution in [0, 0.1) is 0 Å². The molecule has 0 aliphatic heterocycles. The molecule has 0 radical (unpaired) electrons. The van der Waals surface area contributed by atoms with Crippen molar-refractivity contribution in [2.24, 2.45) is 0 Å². The standard InChI is InChI=1S/C9H13ClO/c1-11-8-7-9(10)5-3-2-4-6-9/h2-5H,6-8H2,1H3. The molecular weight excluding hydrogens is 160 g/mol. The Morgan fingerprint density at radius 1 is 1.55 bits per heavy atom. The van der Waals surface area contributed by atoms with Crippen molar-refractivity contribution in [1.29, 1.82) is 0 Å². The second kappa shape index (κ2) is 3.93. The van der Waals surface area contributed by atoms with Gasteiger partial charge < -0.3 is 4.74 Å². The van der Waals surface area contributed by atoms with E-state index in [1.807, 2.05) is 18.2 Å². The fourth-order valence-electron chi connectivity index (χ4n) is 1.10. The van der Waals surface area contributed by atoms with E-state index in [1.54, 1.807) is 7.11 Å². The topological polar surface area (TPSA) is 9.23 Å². The van der Waals surface area contributed by atoms with E-state index in [1.165, 1.54) is 0 Å². The van der Waals surface area contributed by atoms with Gasteiger partial charge in [0.05, 0.1) is 4.87 Å². The molecule has 0 spiro atoms. The van der Waals surface area contributed by atoms with Gasteiger partial charge in [-0.05, 0) is 12.8 Å². The summed E-state index contributed by atoms with van der Waals surface area (Å²) in [6.07, 6.45) is 9.93. The third kappa shape index (κ3) is 2.68. The van der Waals surface area contributed by atoms with E-state index in [-0.39, 0.29) is 4.87 Å². The quantitative estimate of drug-likeness (QED) is 0.595. The van der Waals surface area contributed by atoms with Gasteiger partial charge in [-0.3, -0.25) is 0 Å². The normalized spacial score (nSPS) is 29.3. The van der Waals surface area contributed by atoms with Gasteiger partial charge in [-0.2, -0.15) is 0 Å². The summed E-state index contributed by atoms with van der Waals surface area (Å²) in [5.41, 5.74) is 0. The van der Waals surface area contributed by atoms with Crippen LogP contribution in [0.15, 0.2) is 24.3 Å². The highest BCUT2D eigenvalue weighted by Gasteiger charge is 2.22. The summed E-state index contributed by atoms with van der Waals surface area (Å²) in [5, 5.41) is 0. The first-order chi connectivity index (χ1) is 5.27. The average molecular weight is 173 g/mol. The lowest BCUT2D eigenvalue weighted by molar-refractivity contribution is 0.187. The van der Waals surface area contributed by atoms with Crippen molar-refractivity contribution in [2.75, 3.05) is 13.7 Å². The average Bonchev–Trinajstić information content (AvgIpc) is 2.03. The van der Waals surface area contributed by atoms with Crippen molar-refractivity contribution in [2.45, 2.75) is 17.7 Å². The van der Waals surface area contributed by atoms with Gasteiger partial charge in [0.1, 0.15) is 0 Å². The first-order valence-electron chi connectivity index (χ1n) is 3.79. The van der Waals surface area contributed by atoms with E-state index < -0.39 is 0 Å². The molecule has 1 aliphatic carbocycles. The van der Waals surface area contributed by atoms with Crippen LogP contribution in [0.5, 0.6) is 0 Å². The molecule has 1 rings (SSSR count). The minimum absolute atomic E-state index is 0.190. The van der Waals surface area contributed by atoms with E-state index in [9.17, 15) is 0 Å². The van der Waals surface area contributed by atoms with Crippen molar-refractivity contribution in [1.82, 2.24) is 0 Å². The molecule has 1 aliphatic rings. The number of hydrogen-bond acceptors (Lipinski definition) is 1. The minimum atomic E-state index is -0.190. The molecule has 0 N–H and O–H groups in total. The Morgan fingerprint density at radius 2 is 2.36 bits per heavy atom. The third-order valence-corrected chi connectivity index (χ3v) is 2.29. The molecule has 0 heterocycles. The van der Waals surface area contributed by atoms with Crippen molar-refractivity contribution >= 4 is 11.6 Å². The van der Waals surface area contributed by atoms with Crippen molar-refractivity contribution in [3.8, 4) is 0 Å². The molecule has 0 aromatic rings. The van der Waals surface area contributed by atoms with Gasteiger partial charge in [0, 0.05) is 13.7 Å². The monoisotopic (exact) mass is 172 g/mol. The molecule has 62 valence electrons. The zero-order valence-electron chi connectivity index (χ0n) is 6.72. The minimum Gasteiger partial charge on any atom is -0.385 e. The Hall–Kier alpha value is -0.270. The number of rotatable bonds is 3. The first kappa shape index (κ1) is 8.82. The largest absolute Gasteiger partial charge is 0.385 e. The molecule has 1 nitrogen and oxygen atoms in total. The lowest BCUT2D eigenvalue weighted by atomic mass is 9.97. The summed E-state index contributed by atoms with van der Waals surface area (Å²) in [6, 6.07) is 0. The molecular formula is C9H13ClO. The van der Waals surface area contributed by atoms with Gasteiger partial charge in [0.2, 0.25) is 0 Å². The van der Waals surface area contributed by atoms with Gasteiger partial charge in [-0.15, -0.1) is 11.6 Å². The molecule has 0 amide bonds. The van der Waals surface area contributed by atoms with Crippen LogP contribution in [-0.2, 0) is 4.74 Å². The molecule has 1 unspecified atom stereocenters. The number of alkyl halides is 1. The number of methoxy groups -OCH3 is 1.